The summed E-state index contributed by atoms with van der Waals surface area (Å²) in [6.07, 6.45) is 0.995. The van der Waals surface area contributed by atoms with Crippen LogP contribution in [0.15, 0.2) is 42.8 Å². The van der Waals surface area contributed by atoms with Gasteiger partial charge < -0.3 is 4.74 Å². The molecule has 0 radical (unpaired) electrons. The molecule has 1 aromatic carbocycles. The molecule has 1 rings (SSSR count). The van der Waals surface area contributed by atoms with Crippen molar-refractivity contribution in [2.45, 2.75) is 0 Å². The first-order valence-electron chi connectivity index (χ1n) is 4.72. The van der Waals surface area contributed by atoms with Gasteiger partial charge in [-0.05, 0) is 18.7 Å². The van der Waals surface area contributed by atoms with E-state index in [1.807, 2.05) is 0 Å². The van der Waals surface area contributed by atoms with E-state index < -0.39 is 16.0 Å². The van der Waals surface area contributed by atoms with Gasteiger partial charge in [0.25, 0.3) is 0 Å². The number of rotatable bonds is 4. The molecule has 0 aliphatic carbocycles. The van der Waals surface area contributed by atoms with Crippen LogP contribution in [0.1, 0.15) is 10.4 Å². The predicted molar refractivity (Wildman–Crippen MR) is 63.6 cm³/mol. The molecule has 17 heavy (non-hydrogen) atoms. The molecule has 0 fully saturated rings. The fraction of sp³-hybridized carbons (Fsp3) is 0.182. The van der Waals surface area contributed by atoms with E-state index in [0.29, 0.717) is 5.56 Å². The Kier molecular flexibility index (Phi) is 3.90. The van der Waals surface area contributed by atoms with Crippen LogP contribution in [0.3, 0.4) is 0 Å². The highest BCUT2D eigenvalue weighted by molar-refractivity contribution is 7.88. The third-order valence-corrected chi connectivity index (χ3v) is 3.27. The van der Waals surface area contributed by atoms with Crippen LogP contribution in [0.25, 0.3) is 0 Å². The molecule has 6 heteroatoms. The predicted octanol–water partition coefficient (Wildman–Crippen LogP) is 1.21. The molecule has 0 bridgehead atoms. The first-order valence-corrected chi connectivity index (χ1v) is 6.57. The van der Waals surface area contributed by atoms with Gasteiger partial charge in [0.15, 0.2) is 0 Å². The molecule has 0 aromatic heterocycles. The zero-order valence-corrected chi connectivity index (χ0v) is 10.4. The van der Waals surface area contributed by atoms with Crippen molar-refractivity contribution in [2.75, 3.05) is 13.3 Å². The van der Waals surface area contributed by atoms with Crippen LogP contribution in [0, 0.1) is 0 Å². The summed E-state index contributed by atoms with van der Waals surface area (Å²) in [6.45, 7) is 3.39. The van der Waals surface area contributed by atoms with Crippen LogP contribution in [0.2, 0.25) is 0 Å². The van der Waals surface area contributed by atoms with Crippen molar-refractivity contribution in [2.24, 2.45) is 0 Å². The summed E-state index contributed by atoms with van der Waals surface area (Å²) in [5.41, 5.74) is 0.329. The molecule has 0 aliphatic heterocycles. The highest BCUT2D eigenvalue weighted by Crippen LogP contribution is 2.09. The summed E-state index contributed by atoms with van der Waals surface area (Å²) >= 11 is 0. The van der Waals surface area contributed by atoms with Crippen LogP contribution in [-0.2, 0) is 14.8 Å². The minimum Gasteiger partial charge on any atom is -0.406 e. The smallest absolute Gasteiger partial charge is 0.344 e. The van der Waals surface area contributed by atoms with Crippen molar-refractivity contribution in [1.82, 2.24) is 4.31 Å². The lowest BCUT2D eigenvalue weighted by Gasteiger charge is -2.17. The Bertz CT molecular complexity index is 522. The summed E-state index contributed by atoms with van der Waals surface area (Å²) in [6, 6.07) is 8.25. The van der Waals surface area contributed by atoms with Crippen molar-refractivity contribution < 1.29 is 17.9 Å². The molecular formula is C11H13NO4S. The molecule has 1 aromatic rings. The summed E-state index contributed by atoms with van der Waals surface area (Å²) in [7, 11) is -2.21. The maximum Gasteiger partial charge on any atom is 0.344 e. The lowest BCUT2D eigenvalue weighted by atomic mass is 10.2. The fourth-order valence-electron chi connectivity index (χ4n) is 0.989. The Balaban J connectivity index is 2.74. The molecule has 92 valence electrons. The highest BCUT2D eigenvalue weighted by atomic mass is 32.2. The van der Waals surface area contributed by atoms with E-state index in [-0.39, 0.29) is 5.88 Å². The number of carbonyl (C=O) groups is 1. The zero-order valence-electron chi connectivity index (χ0n) is 9.58. The topological polar surface area (TPSA) is 63.7 Å². The van der Waals surface area contributed by atoms with Gasteiger partial charge in [0.1, 0.15) is 0 Å². The van der Waals surface area contributed by atoms with E-state index in [1.54, 1.807) is 30.3 Å². The molecule has 0 N–H and O–H groups in total. The summed E-state index contributed by atoms with van der Waals surface area (Å²) in [5.74, 6) is -0.882. The van der Waals surface area contributed by atoms with E-state index in [2.05, 4.69) is 6.58 Å². The van der Waals surface area contributed by atoms with E-state index in [1.165, 1.54) is 7.05 Å². The van der Waals surface area contributed by atoms with Gasteiger partial charge in [-0.3, -0.25) is 0 Å². The number of nitrogens with zero attached hydrogens (tertiary/aromatic N) is 1. The molecule has 0 saturated carbocycles. The van der Waals surface area contributed by atoms with Crippen molar-refractivity contribution in [3.05, 3.63) is 48.4 Å². The number of sulfonamides is 1. The Morgan fingerprint density at radius 3 is 2.29 bits per heavy atom. The molecule has 0 amide bonds. The Labute approximate surface area is 100 Å². The summed E-state index contributed by atoms with van der Waals surface area (Å²) in [4.78, 5) is 11.6. The third kappa shape index (κ3) is 3.60. The maximum absolute atomic E-state index is 11.6. The lowest BCUT2D eigenvalue weighted by molar-refractivity contribution is 0.0572. The number of esters is 1. The highest BCUT2D eigenvalue weighted by Gasteiger charge is 2.17. The van der Waals surface area contributed by atoms with E-state index >= 15 is 0 Å². The second kappa shape index (κ2) is 5.01. The average Bonchev–Trinajstić information content (AvgIpc) is 2.27. The number of hydrogen-bond donors (Lipinski definition) is 0. The standard InChI is InChI=1S/C11H13NO4S/c1-9(12(2)17(3,14)15)16-11(13)10-7-5-4-6-8-10/h4-8H,1H2,2-3H3. The Morgan fingerprint density at radius 1 is 1.29 bits per heavy atom. The van der Waals surface area contributed by atoms with Gasteiger partial charge >= 0.3 is 5.97 Å². The van der Waals surface area contributed by atoms with Crippen molar-refractivity contribution >= 4 is 16.0 Å². The van der Waals surface area contributed by atoms with Gasteiger partial charge in [-0.1, -0.05) is 18.2 Å². The number of ether oxygens (including phenoxy) is 1. The SMILES string of the molecule is C=C(OC(=O)c1ccccc1)N(C)S(C)(=O)=O. The second-order valence-corrected chi connectivity index (χ2v) is 5.39. The Hall–Kier alpha value is -1.82. The van der Waals surface area contributed by atoms with Crippen molar-refractivity contribution in [3.8, 4) is 0 Å². The summed E-state index contributed by atoms with van der Waals surface area (Å²) < 4.78 is 28.0. The molecule has 0 saturated heterocycles. The van der Waals surface area contributed by atoms with E-state index in [4.69, 9.17) is 4.74 Å². The molecule has 0 heterocycles. The second-order valence-electron chi connectivity index (χ2n) is 3.38. The van der Waals surface area contributed by atoms with Crippen LogP contribution in [-0.4, -0.2) is 32.0 Å². The minimum absolute atomic E-state index is 0.235. The first kappa shape index (κ1) is 13.2. The molecule has 5 nitrogen and oxygen atoms in total. The van der Waals surface area contributed by atoms with Gasteiger partial charge in [0.2, 0.25) is 15.9 Å². The molecule has 0 spiro atoms. The maximum atomic E-state index is 11.6. The third-order valence-electron chi connectivity index (χ3n) is 2.07. The first-order chi connectivity index (χ1) is 7.82. The molecule has 0 aliphatic rings. The van der Waals surface area contributed by atoms with E-state index in [9.17, 15) is 13.2 Å². The minimum atomic E-state index is -3.47. The largest absolute Gasteiger partial charge is 0.406 e. The van der Waals surface area contributed by atoms with Gasteiger partial charge in [-0.2, -0.15) is 0 Å². The van der Waals surface area contributed by atoms with Crippen LogP contribution < -0.4 is 0 Å². The van der Waals surface area contributed by atoms with Crippen molar-refractivity contribution in [3.63, 3.8) is 0 Å². The zero-order chi connectivity index (χ0) is 13.1. The van der Waals surface area contributed by atoms with Gasteiger partial charge in [-0.15, -0.1) is 0 Å². The van der Waals surface area contributed by atoms with Crippen LogP contribution >= 0.6 is 0 Å². The number of hydrogen-bond acceptors (Lipinski definition) is 4. The molecule has 0 atom stereocenters. The number of carbonyl (C=O) groups excluding carboxylic acids is 1. The Morgan fingerprint density at radius 2 is 1.82 bits per heavy atom. The van der Waals surface area contributed by atoms with Gasteiger partial charge in [0, 0.05) is 7.05 Å². The monoisotopic (exact) mass is 255 g/mol. The van der Waals surface area contributed by atoms with E-state index in [0.717, 1.165) is 10.6 Å². The molecule has 0 unspecified atom stereocenters. The lowest BCUT2D eigenvalue weighted by Crippen LogP contribution is -2.27. The summed E-state index contributed by atoms with van der Waals surface area (Å²) in [5, 5.41) is 0. The normalized spacial score (nSPS) is 10.7. The van der Waals surface area contributed by atoms with Crippen LogP contribution in [0.5, 0.6) is 0 Å². The fourth-order valence-corrected chi connectivity index (χ4v) is 1.40. The van der Waals surface area contributed by atoms with Gasteiger partial charge in [-0.25, -0.2) is 17.5 Å². The quantitative estimate of drug-likeness (QED) is 0.599. The van der Waals surface area contributed by atoms with Crippen LogP contribution in [0.4, 0.5) is 0 Å². The average molecular weight is 255 g/mol. The molecular weight excluding hydrogens is 242 g/mol. The van der Waals surface area contributed by atoms with Crippen molar-refractivity contribution in [1.29, 1.82) is 0 Å². The number of benzene rings is 1. The van der Waals surface area contributed by atoms with Gasteiger partial charge in [0.05, 0.1) is 11.8 Å².